The Kier molecular flexibility index (Phi) is 14.5. The maximum atomic E-state index is 15.1. The molecule has 5 heterocycles. The Labute approximate surface area is 418 Å². The lowest BCUT2D eigenvalue weighted by Gasteiger charge is -2.38. The lowest BCUT2D eigenvalue weighted by atomic mass is 9.75. The van der Waals surface area contributed by atoms with Crippen LogP contribution in [0.25, 0.3) is 10.9 Å². The fourth-order valence-electron chi connectivity index (χ4n) is 9.85. The molecular formula is C51H65F3N6O11S. The largest absolute Gasteiger partial charge is 0.493 e. The highest BCUT2D eigenvalue weighted by molar-refractivity contribution is 7.91. The standard InChI is InChI=1S/C51H65F3N6O11S/c1-31(2)28-69-45(64)56-38-13-11-9-7-8-10-12-33-16-21-50(33,44(63)58-72(66,67)48(6)22-23-48)57-42(61)39-27-49(30-60(39)43(38)62)20-17-35-36-26-34(14-15-37(36)55-41(40(35)70-49)51(52,53)54)68-29-32-18-24-59(25-19-32)46(65)71-47(3,4)5/h10,12,14-15,26,31-33,38-39H,7-9,11,13,17-20,22-25,27-30H2,1-6H3,(H,56,64)(H,57,61)(H,58,63). The number of likely N-dealkylation sites (tertiary alicyclic amines) is 1. The molecule has 3 fully saturated rings. The maximum Gasteiger partial charge on any atom is 0.437 e. The first kappa shape index (κ1) is 52.5. The number of hydrogen-bond donors (Lipinski definition) is 3. The normalized spacial score (nSPS) is 26.6. The third-order valence-electron chi connectivity index (χ3n) is 14.4. The molecule has 6 aliphatic rings. The molecule has 1 saturated carbocycles. The van der Waals surface area contributed by atoms with Crippen molar-refractivity contribution in [3.63, 3.8) is 0 Å². The van der Waals surface area contributed by atoms with Gasteiger partial charge in [0.05, 0.1) is 35.9 Å². The number of carbonyl (C=O) groups excluding carboxylic acids is 5. The van der Waals surface area contributed by atoms with Crippen molar-refractivity contribution in [2.45, 2.75) is 158 Å². The Morgan fingerprint density at radius 2 is 1.78 bits per heavy atom. The van der Waals surface area contributed by atoms with Gasteiger partial charge in [0.1, 0.15) is 29.0 Å². The Bertz CT molecular complexity index is 2690. The summed E-state index contributed by atoms with van der Waals surface area (Å²) in [5, 5.41) is 5.73. The number of rotatable bonds is 9. The molecule has 21 heteroatoms. The second-order valence-electron chi connectivity index (χ2n) is 21.8. The van der Waals surface area contributed by atoms with Crippen molar-refractivity contribution in [3.05, 3.63) is 41.6 Å². The Morgan fingerprint density at radius 1 is 1.04 bits per heavy atom. The number of ether oxygens (including phenoxy) is 4. The number of halogens is 3. The van der Waals surface area contributed by atoms with Crippen molar-refractivity contribution in [2.24, 2.45) is 17.8 Å². The third-order valence-corrected chi connectivity index (χ3v) is 16.6. The molecule has 17 nitrogen and oxygen atoms in total. The zero-order chi connectivity index (χ0) is 52.0. The molecule has 3 N–H and O–H groups in total. The summed E-state index contributed by atoms with van der Waals surface area (Å²) in [6, 6.07) is 1.92. The molecule has 5 unspecified atom stereocenters. The number of pyridine rings is 1. The molecule has 5 atom stereocenters. The maximum absolute atomic E-state index is 15.1. The number of aryl methyl sites for hydroxylation is 1. The summed E-state index contributed by atoms with van der Waals surface area (Å²) in [5.74, 6) is 1.81. The molecule has 72 heavy (non-hydrogen) atoms. The quantitative estimate of drug-likeness (QED) is 0.177. The number of benzene rings is 1. The Hall–Kier alpha value is -5.78. The minimum atomic E-state index is -5.00. The van der Waals surface area contributed by atoms with E-state index in [-0.39, 0.29) is 61.3 Å². The lowest BCUT2D eigenvalue weighted by molar-refractivity contribution is -0.144. The second-order valence-corrected chi connectivity index (χ2v) is 24.0. The number of alkyl halides is 3. The van der Waals surface area contributed by atoms with Gasteiger partial charge in [0.25, 0.3) is 5.91 Å². The van der Waals surface area contributed by atoms with Crippen LogP contribution in [0.5, 0.6) is 11.5 Å². The van der Waals surface area contributed by atoms with E-state index in [1.54, 1.807) is 50.0 Å². The molecule has 1 spiro atoms. The highest BCUT2D eigenvalue weighted by Gasteiger charge is 2.59. The van der Waals surface area contributed by atoms with Crippen LogP contribution in [0.15, 0.2) is 30.4 Å². The van der Waals surface area contributed by atoms with E-state index in [1.165, 1.54) is 17.9 Å². The van der Waals surface area contributed by atoms with Crippen LogP contribution in [-0.2, 0) is 46.5 Å². The number of nitrogens with one attached hydrogen (secondary N) is 3. The predicted octanol–water partition coefficient (Wildman–Crippen LogP) is 6.70. The second kappa shape index (κ2) is 19.9. The summed E-state index contributed by atoms with van der Waals surface area (Å²) in [6.45, 7) is 11.5. The van der Waals surface area contributed by atoms with Crippen molar-refractivity contribution >= 4 is 50.8 Å². The van der Waals surface area contributed by atoms with Crippen molar-refractivity contribution in [2.75, 3.05) is 32.8 Å². The number of fused-ring (bicyclic) bond motifs is 5. The summed E-state index contributed by atoms with van der Waals surface area (Å²) in [6.07, 6.45) is 1.25. The lowest BCUT2D eigenvalue weighted by Crippen LogP contribution is -2.68. The van der Waals surface area contributed by atoms with Crippen molar-refractivity contribution < 1.29 is 64.5 Å². The van der Waals surface area contributed by atoms with Gasteiger partial charge in [-0.05, 0) is 116 Å². The van der Waals surface area contributed by atoms with E-state index in [1.807, 2.05) is 13.8 Å². The average molecular weight is 1030 g/mol. The molecule has 4 aliphatic heterocycles. The van der Waals surface area contributed by atoms with Crippen LogP contribution in [0.4, 0.5) is 22.8 Å². The molecule has 392 valence electrons. The van der Waals surface area contributed by atoms with Crippen LogP contribution >= 0.6 is 0 Å². The summed E-state index contributed by atoms with van der Waals surface area (Å²) >= 11 is 0. The highest BCUT2D eigenvalue weighted by Crippen LogP contribution is 2.49. The zero-order valence-electron chi connectivity index (χ0n) is 41.7. The molecular weight excluding hydrogens is 962 g/mol. The predicted molar refractivity (Wildman–Crippen MR) is 257 cm³/mol. The van der Waals surface area contributed by atoms with Crippen molar-refractivity contribution in [1.82, 2.24) is 30.1 Å². The van der Waals surface area contributed by atoms with Gasteiger partial charge in [-0.15, -0.1) is 0 Å². The number of nitrogens with zero attached hydrogens (tertiary/aromatic N) is 3. The molecule has 0 bridgehead atoms. The summed E-state index contributed by atoms with van der Waals surface area (Å²) in [7, 11) is -4.21. The van der Waals surface area contributed by atoms with E-state index in [9.17, 15) is 32.4 Å². The van der Waals surface area contributed by atoms with E-state index in [4.69, 9.17) is 18.9 Å². The number of allylic oxidation sites excluding steroid dienone is 1. The van der Waals surface area contributed by atoms with Crippen LogP contribution < -0.4 is 24.8 Å². The molecule has 0 radical (unpaired) electrons. The molecule has 2 aromatic rings. The molecule has 2 aliphatic carbocycles. The molecule has 1 aromatic heterocycles. The smallest absolute Gasteiger partial charge is 0.437 e. The fourth-order valence-corrected chi connectivity index (χ4v) is 11.1. The van der Waals surface area contributed by atoms with Gasteiger partial charge in [0.15, 0.2) is 17.0 Å². The van der Waals surface area contributed by atoms with E-state index in [0.29, 0.717) is 82.2 Å². The van der Waals surface area contributed by atoms with Crippen molar-refractivity contribution in [1.29, 1.82) is 0 Å². The van der Waals surface area contributed by atoms with Crippen LogP contribution in [0.2, 0.25) is 0 Å². The topological polar surface area (TPSA) is 212 Å². The highest BCUT2D eigenvalue weighted by atomic mass is 32.2. The number of aromatic nitrogens is 1. The van der Waals surface area contributed by atoms with Gasteiger partial charge in [0.2, 0.25) is 21.8 Å². The summed E-state index contributed by atoms with van der Waals surface area (Å²) < 4.78 is 96.8. The van der Waals surface area contributed by atoms with Crippen LogP contribution in [0.3, 0.4) is 0 Å². The first-order valence-electron chi connectivity index (χ1n) is 25.0. The van der Waals surface area contributed by atoms with Crippen LogP contribution in [0, 0.1) is 29.6 Å². The number of sulfonamides is 1. The number of piperidine rings is 1. The minimum absolute atomic E-state index is 0.00486. The van der Waals surface area contributed by atoms with Gasteiger partial charge in [0, 0.05) is 30.5 Å². The zero-order valence-corrected chi connectivity index (χ0v) is 42.5. The molecule has 8 rings (SSSR count). The van der Waals surface area contributed by atoms with E-state index in [2.05, 4.69) is 32.2 Å². The molecule has 5 amide bonds. The fraction of sp³-hybridized carbons (Fsp3) is 0.647. The van der Waals surface area contributed by atoms with Gasteiger partial charge in [-0.1, -0.05) is 50.7 Å². The Morgan fingerprint density at radius 3 is 2.43 bits per heavy atom. The first-order chi connectivity index (χ1) is 33.8. The third kappa shape index (κ3) is 11.2. The minimum Gasteiger partial charge on any atom is -0.493 e. The number of hydrogen-bond acceptors (Lipinski definition) is 12. The van der Waals surface area contributed by atoms with E-state index < -0.39 is 97.5 Å². The number of alkyl carbamates (subject to hydrolysis) is 1. The van der Waals surface area contributed by atoms with E-state index >= 15 is 13.2 Å². The molecule has 1 aromatic carbocycles. The average Bonchev–Trinajstić information content (AvgIpc) is 3.97. The summed E-state index contributed by atoms with van der Waals surface area (Å²) in [4.78, 5) is 76.7. The van der Waals surface area contributed by atoms with Gasteiger partial charge >= 0.3 is 18.4 Å². The van der Waals surface area contributed by atoms with Crippen LogP contribution in [0.1, 0.15) is 123 Å². The van der Waals surface area contributed by atoms with Gasteiger partial charge < -0.3 is 39.4 Å². The van der Waals surface area contributed by atoms with Crippen LogP contribution in [-0.4, -0.2) is 120 Å². The van der Waals surface area contributed by atoms with Gasteiger partial charge in [-0.2, -0.15) is 13.2 Å². The molecule has 2 saturated heterocycles. The van der Waals surface area contributed by atoms with Gasteiger partial charge in [-0.25, -0.2) is 27.7 Å². The number of carbonyl (C=O) groups is 5. The SMILES string of the molecule is CC(C)COC(=O)NC1CCCCCC=CC2C#CC2(C(=O)NS(=O)(=O)C2(C)CC2)NC(=O)C2CC3(CCc4c(c(C(F)(F)F)nc5ccc(OCC6CCN(C(=O)OC(C)(C)C)CC6)cc45)O3)CN2C1=O. The number of amides is 5. The summed E-state index contributed by atoms with van der Waals surface area (Å²) in [5.41, 5.74) is -5.35. The monoisotopic (exact) mass is 1030 g/mol. The van der Waals surface area contributed by atoms with Crippen molar-refractivity contribution in [3.8, 4) is 23.3 Å². The first-order valence-corrected chi connectivity index (χ1v) is 26.4. The van der Waals surface area contributed by atoms with E-state index in [0.717, 1.165) is 0 Å². The van der Waals surface area contributed by atoms with Gasteiger partial charge in [-0.3, -0.25) is 14.4 Å². The Balaban J connectivity index is 1.10.